The van der Waals surface area contributed by atoms with E-state index in [0.29, 0.717) is 6.29 Å². The lowest BCUT2D eigenvalue weighted by Crippen LogP contribution is -2.57. The Hall–Kier alpha value is -3.27. The van der Waals surface area contributed by atoms with E-state index in [1.54, 1.807) is 19.2 Å². The van der Waals surface area contributed by atoms with Crippen molar-refractivity contribution >= 4 is 29.9 Å². The van der Waals surface area contributed by atoms with E-state index in [1.165, 1.54) is 17.0 Å². The van der Waals surface area contributed by atoms with Crippen LogP contribution in [0.5, 0.6) is 0 Å². The summed E-state index contributed by atoms with van der Waals surface area (Å²) in [5, 5.41) is 8.28. The van der Waals surface area contributed by atoms with Crippen molar-refractivity contribution in [1.82, 2.24) is 20.9 Å². The van der Waals surface area contributed by atoms with E-state index < -0.39 is 35.4 Å². The fourth-order valence-corrected chi connectivity index (χ4v) is 3.62. The maximum absolute atomic E-state index is 13.3. The normalized spacial score (nSPS) is 19.2. The van der Waals surface area contributed by atoms with Gasteiger partial charge in [-0.15, -0.1) is 0 Å². The molecule has 10 heteroatoms. The number of nitrogens with one attached hydrogen (secondary N) is 3. The molecule has 0 radical (unpaired) electrons. The number of likely N-dealkylation sites (tertiary alicyclic amines) is 1. The maximum Gasteiger partial charge on any atom is 0.251 e. The summed E-state index contributed by atoms with van der Waals surface area (Å²) < 4.78 is 0. The molecule has 1 aromatic carbocycles. The maximum atomic E-state index is 13.3. The van der Waals surface area contributed by atoms with Gasteiger partial charge in [-0.25, -0.2) is 0 Å². The van der Waals surface area contributed by atoms with Gasteiger partial charge in [0.2, 0.25) is 17.7 Å². The highest BCUT2D eigenvalue weighted by Crippen LogP contribution is 2.25. The highest BCUT2D eigenvalue weighted by atomic mass is 16.2. The number of hydrogen-bond acceptors (Lipinski definition) is 6. The number of likely N-dealkylation sites (N-methyl/N-ethyl adjacent to an activating group) is 1. The number of carbonyl (C=O) groups excluding carboxylic acids is 5. The summed E-state index contributed by atoms with van der Waals surface area (Å²) in [4.78, 5) is 62.5. The van der Waals surface area contributed by atoms with Crippen LogP contribution in [0.2, 0.25) is 0 Å². The minimum absolute atomic E-state index is 0.0556. The summed E-state index contributed by atoms with van der Waals surface area (Å²) in [5.74, 6) is -1.80. The van der Waals surface area contributed by atoms with Gasteiger partial charge in [-0.2, -0.15) is 0 Å². The van der Waals surface area contributed by atoms with Crippen LogP contribution in [0.1, 0.15) is 47.9 Å². The lowest BCUT2D eigenvalue weighted by Gasteiger charge is -2.34. The second-order valence-corrected chi connectivity index (χ2v) is 8.94. The van der Waals surface area contributed by atoms with Crippen molar-refractivity contribution in [3.05, 3.63) is 35.4 Å². The molecule has 1 aliphatic rings. The van der Waals surface area contributed by atoms with Crippen molar-refractivity contribution < 1.29 is 24.0 Å². The van der Waals surface area contributed by atoms with Crippen LogP contribution in [0, 0.1) is 5.41 Å². The third-order valence-electron chi connectivity index (χ3n) is 5.28. The number of hydrogen-bond donors (Lipinski definition) is 4. The molecule has 0 aliphatic carbocycles. The number of amides is 4. The van der Waals surface area contributed by atoms with Gasteiger partial charge in [0.05, 0.1) is 12.6 Å². The molecule has 10 nitrogen and oxygen atoms in total. The van der Waals surface area contributed by atoms with Crippen LogP contribution in [0.4, 0.5) is 0 Å². The molecule has 1 heterocycles. The predicted molar refractivity (Wildman–Crippen MR) is 118 cm³/mol. The van der Waals surface area contributed by atoms with Gasteiger partial charge in [-0.1, -0.05) is 26.8 Å². The molecule has 5 N–H and O–H groups in total. The van der Waals surface area contributed by atoms with Crippen LogP contribution in [0.25, 0.3) is 0 Å². The van der Waals surface area contributed by atoms with E-state index in [9.17, 15) is 24.0 Å². The molecule has 3 atom stereocenters. The first-order valence-corrected chi connectivity index (χ1v) is 10.4. The van der Waals surface area contributed by atoms with Gasteiger partial charge >= 0.3 is 0 Å². The first kappa shape index (κ1) is 25.0. The summed E-state index contributed by atoms with van der Waals surface area (Å²) in [6.07, 6.45) is 0.921. The van der Waals surface area contributed by atoms with Crippen molar-refractivity contribution in [3.8, 4) is 0 Å². The molecule has 1 aromatic rings. The van der Waals surface area contributed by atoms with Gasteiger partial charge in [0.1, 0.15) is 12.3 Å². The number of nitrogens with two attached hydrogens (primary N) is 1. The largest absolute Gasteiger partial charge is 0.366 e. The zero-order chi connectivity index (χ0) is 24.1. The molecule has 174 valence electrons. The molecular weight excluding hydrogens is 414 g/mol. The number of carbonyl (C=O) groups is 5. The Morgan fingerprint density at radius 1 is 1.22 bits per heavy atom. The summed E-state index contributed by atoms with van der Waals surface area (Å²) in [5.41, 5.74) is 5.13. The number of primary amides is 1. The van der Waals surface area contributed by atoms with Gasteiger partial charge < -0.3 is 31.4 Å². The Balaban J connectivity index is 2.15. The quantitative estimate of drug-likeness (QED) is 0.394. The summed E-state index contributed by atoms with van der Waals surface area (Å²) in [6.45, 7) is 5.66. The van der Waals surface area contributed by atoms with Crippen LogP contribution in [0.15, 0.2) is 24.3 Å². The minimum Gasteiger partial charge on any atom is -0.366 e. The molecule has 2 rings (SSSR count). The second-order valence-electron chi connectivity index (χ2n) is 8.94. The fraction of sp³-hybridized carbons (Fsp3) is 0.500. The van der Waals surface area contributed by atoms with Crippen molar-refractivity contribution in [1.29, 1.82) is 0 Å². The standard InChI is InChI=1S/C22H31N5O5/c1-22(2,3)18(26-17(29)10-24-4)21(32)27-11-15(9-16(27)12-28)25-20(31)14-7-5-6-13(8-14)19(23)30/h5-8,12,15-16,18,24H,9-11H2,1-4H3,(H2,23,30)(H,25,31)(H,26,29). The van der Waals surface area contributed by atoms with Crippen LogP contribution in [-0.4, -0.2) is 73.1 Å². The molecule has 0 saturated carbocycles. The van der Waals surface area contributed by atoms with E-state index >= 15 is 0 Å². The third kappa shape index (κ3) is 6.13. The fourth-order valence-electron chi connectivity index (χ4n) is 3.62. The lowest BCUT2D eigenvalue weighted by molar-refractivity contribution is -0.141. The van der Waals surface area contributed by atoms with E-state index in [4.69, 9.17) is 5.73 Å². The second kappa shape index (κ2) is 10.4. The molecule has 1 saturated heterocycles. The Morgan fingerprint density at radius 3 is 2.44 bits per heavy atom. The van der Waals surface area contributed by atoms with Gasteiger partial charge in [0.25, 0.3) is 5.91 Å². The van der Waals surface area contributed by atoms with Crippen molar-refractivity contribution in [3.63, 3.8) is 0 Å². The van der Waals surface area contributed by atoms with Crippen molar-refractivity contribution in [2.45, 2.75) is 45.3 Å². The van der Waals surface area contributed by atoms with Crippen LogP contribution < -0.4 is 21.7 Å². The number of benzene rings is 1. The number of rotatable bonds is 8. The number of aldehydes is 1. The third-order valence-corrected chi connectivity index (χ3v) is 5.28. The number of nitrogens with zero attached hydrogens (tertiary/aromatic N) is 1. The predicted octanol–water partition coefficient (Wildman–Crippen LogP) is -0.566. The Labute approximate surface area is 187 Å². The highest BCUT2D eigenvalue weighted by molar-refractivity contribution is 5.99. The Bertz CT molecular complexity index is 895. The summed E-state index contributed by atoms with van der Waals surface area (Å²) >= 11 is 0. The highest BCUT2D eigenvalue weighted by Gasteiger charge is 2.42. The average Bonchev–Trinajstić information content (AvgIpc) is 3.13. The minimum atomic E-state index is -0.840. The molecule has 0 aromatic heterocycles. The Kier molecular flexibility index (Phi) is 8.09. The molecule has 1 aliphatic heterocycles. The van der Waals surface area contributed by atoms with E-state index in [-0.39, 0.29) is 42.5 Å². The van der Waals surface area contributed by atoms with Gasteiger partial charge in [-0.3, -0.25) is 19.2 Å². The van der Waals surface area contributed by atoms with Crippen LogP contribution in [-0.2, 0) is 14.4 Å². The average molecular weight is 446 g/mol. The zero-order valence-electron chi connectivity index (χ0n) is 18.8. The monoisotopic (exact) mass is 445 g/mol. The Morgan fingerprint density at radius 2 is 1.88 bits per heavy atom. The zero-order valence-corrected chi connectivity index (χ0v) is 18.8. The van der Waals surface area contributed by atoms with Crippen LogP contribution >= 0.6 is 0 Å². The van der Waals surface area contributed by atoms with Gasteiger partial charge in [0, 0.05) is 23.7 Å². The van der Waals surface area contributed by atoms with E-state index in [0.717, 1.165) is 0 Å². The van der Waals surface area contributed by atoms with Crippen LogP contribution in [0.3, 0.4) is 0 Å². The van der Waals surface area contributed by atoms with Gasteiger partial charge in [0.15, 0.2) is 0 Å². The SMILES string of the molecule is CNCC(=O)NC(C(=O)N1CC(NC(=O)c2cccc(C(N)=O)c2)CC1C=O)C(C)(C)C. The van der Waals surface area contributed by atoms with E-state index in [2.05, 4.69) is 16.0 Å². The molecular formula is C22H31N5O5. The first-order chi connectivity index (χ1) is 15.0. The lowest BCUT2D eigenvalue weighted by atomic mass is 9.85. The first-order valence-electron chi connectivity index (χ1n) is 10.4. The van der Waals surface area contributed by atoms with Gasteiger partial charge in [-0.05, 0) is 37.1 Å². The van der Waals surface area contributed by atoms with Crippen molar-refractivity contribution in [2.75, 3.05) is 20.1 Å². The summed E-state index contributed by atoms with van der Waals surface area (Å²) in [7, 11) is 1.63. The molecule has 3 unspecified atom stereocenters. The topological polar surface area (TPSA) is 151 Å². The van der Waals surface area contributed by atoms with E-state index in [1.807, 2.05) is 20.8 Å². The molecule has 0 bridgehead atoms. The molecule has 1 fully saturated rings. The summed E-state index contributed by atoms with van der Waals surface area (Å²) in [6, 6.07) is 3.96. The smallest absolute Gasteiger partial charge is 0.251 e. The van der Waals surface area contributed by atoms with Crippen molar-refractivity contribution in [2.24, 2.45) is 11.1 Å². The molecule has 0 spiro atoms. The molecule has 32 heavy (non-hydrogen) atoms. The molecule has 4 amide bonds.